The molecule has 0 spiro atoms. The van der Waals surface area contributed by atoms with Crippen LogP contribution in [0.2, 0.25) is 0 Å². The van der Waals surface area contributed by atoms with Crippen LogP contribution in [0.1, 0.15) is 21.7 Å². The molecule has 3 N–H and O–H groups in total. The van der Waals surface area contributed by atoms with Gasteiger partial charge in [-0.1, -0.05) is 12.1 Å². The lowest BCUT2D eigenvalue weighted by molar-refractivity contribution is 0.101. The second kappa shape index (κ2) is 5.67. The molecule has 1 heterocycles. The van der Waals surface area contributed by atoms with Crippen LogP contribution in [-0.4, -0.2) is 22.2 Å². The zero-order valence-corrected chi connectivity index (χ0v) is 11.2. The summed E-state index contributed by atoms with van der Waals surface area (Å²) in [7, 11) is 1.76. The molecule has 1 amide bonds. The summed E-state index contributed by atoms with van der Waals surface area (Å²) in [5.74, 6) is -0.158. The van der Waals surface area contributed by atoms with Crippen molar-refractivity contribution in [3.8, 4) is 0 Å². The van der Waals surface area contributed by atoms with Gasteiger partial charge < -0.3 is 11.1 Å². The van der Waals surface area contributed by atoms with Crippen molar-refractivity contribution in [1.82, 2.24) is 9.78 Å². The van der Waals surface area contributed by atoms with Gasteiger partial charge in [-0.15, -0.1) is 0 Å². The topological polar surface area (TPSA) is 72.9 Å². The number of aryl methyl sites for hydroxylation is 2. The van der Waals surface area contributed by atoms with Crippen LogP contribution in [0.15, 0.2) is 30.3 Å². The van der Waals surface area contributed by atoms with Crippen LogP contribution >= 0.6 is 0 Å². The highest BCUT2D eigenvalue weighted by molar-refractivity contribution is 6.03. The number of aromatic nitrogens is 2. The van der Waals surface area contributed by atoms with Gasteiger partial charge in [-0.3, -0.25) is 9.48 Å². The molecule has 0 bridgehead atoms. The van der Waals surface area contributed by atoms with Crippen molar-refractivity contribution in [2.45, 2.75) is 13.3 Å². The first-order chi connectivity index (χ1) is 9.10. The summed E-state index contributed by atoms with van der Waals surface area (Å²) in [4.78, 5) is 12.1. The SMILES string of the molecule is Cc1cc(C(=O)Nc2ccc(CCN)cc2)n(C)n1. The van der Waals surface area contributed by atoms with E-state index >= 15 is 0 Å². The molecule has 0 aliphatic rings. The lowest BCUT2D eigenvalue weighted by Crippen LogP contribution is -2.16. The Labute approximate surface area is 112 Å². The zero-order valence-electron chi connectivity index (χ0n) is 11.2. The number of rotatable bonds is 4. The number of hydrogen-bond donors (Lipinski definition) is 2. The Hall–Kier alpha value is -2.14. The number of carbonyl (C=O) groups is 1. The van der Waals surface area contributed by atoms with Crippen molar-refractivity contribution >= 4 is 11.6 Å². The molecule has 2 rings (SSSR count). The number of nitrogens with two attached hydrogens (primary N) is 1. The zero-order chi connectivity index (χ0) is 13.8. The third-order valence-corrected chi connectivity index (χ3v) is 2.88. The smallest absolute Gasteiger partial charge is 0.273 e. The molecule has 0 unspecified atom stereocenters. The van der Waals surface area contributed by atoms with Gasteiger partial charge in [-0.05, 0) is 43.7 Å². The van der Waals surface area contributed by atoms with E-state index in [-0.39, 0.29) is 5.91 Å². The number of benzene rings is 1. The van der Waals surface area contributed by atoms with Gasteiger partial charge in [0.05, 0.1) is 5.69 Å². The summed E-state index contributed by atoms with van der Waals surface area (Å²) in [5, 5.41) is 7.00. The van der Waals surface area contributed by atoms with E-state index in [0.29, 0.717) is 12.2 Å². The first kappa shape index (κ1) is 13.3. The molecule has 19 heavy (non-hydrogen) atoms. The quantitative estimate of drug-likeness (QED) is 0.872. The summed E-state index contributed by atoms with van der Waals surface area (Å²) < 4.78 is 1.58. The molecule has 0 aliphatic carbocycles. The number of hydrogen-bond acceptors (Lipinski definition) is 3. The van der Waals surface area contributed by atoms with E-state index in [4.69, 9.17) is 5.73 Å². The third-order valence-electron chi connectivity index (χ3n) is 2.88. The van der Waals surface area contributed by atoms with Crippen molar-refractivity contribution in [1.29, 1.82) is 0 Å². The molecule has 0 saturated carbocycles. The number of nitrogens with zero attached hydrogens (tertiary/aromatic N) is 2. The van der Waals surface area contributed by atoms with Crippen LogP contribution in [-0.2, 0) is 13.5 Å². The van der Waals surface area contributed by atoms with E-state index in [1.165, 1.54) is 0 Å². The Morgan fingerprint density at radius 3 is 2.58 bits per heavy atom. The minimum absolute atomic E-state index is 0.158. The van der Waals surface area contributed by atoms with Gasteiger partial charge in [0.25, 0.3) is 5.91 Å². The summed E-state index contributed by atoms with van der Waals surface area (Å²) in [6.45, 7) is 2.48. The first-order valence-corrected chi connectivity index (χ1v) is 6.21. The van der Waals surface area contributed by atoms with E-state index in [0.717, 1.165) is 23.4 Å². The Morgan fingerprint density at radius 1 is 1.37 bits per heavy atom. The largest absolute Gasteiger partial charge is 0.330 e. The lowest BCUT2D eigenvalue weighted by atomic mass is 10.1. The third kappa shape index (κ3) is 3.20. The second-order valence-electron chi connectivity index (χ2n) is 4.48. The molecular formula is C14H18N4O. The highest BCUT2D eigenvalue weighted by atomic mass is 16.2. The molecule has 1 aromatic carbocycles. The molecule has 0 radical (unpaired) electrons. The van der Waals surface area contributed by atoms with Crippen molar-refractivity contribution in [2.75, 3.05) is 11.9 Å². The van der Waals surface area contributed by atoms with E-state index in [9.17, 15) is 4.79 Å². The maximum absolute atomic E-state index is 12.1. The van der Waals surface area contributed by atoms with Crippen molar-refractivity contribution in [3.63, 3.8) is 0 Å². The lowest BCUT2D eigenvalue weighted by Gasteiger charge is -2.06. The van der Waals surface area contributed by atoms with E-state index in [1.807, 2.05) is 31.2 Å². The predicted octanol–water partition coefficient (Wildman–Crippen LogP) is 1.48. The van der Waals surface area contributed by atoms with E-state index in [2.05, 4.69) is 10.4 Å². The van der Waals surface area contributed by atoms with Crippen molar-refractivity contribution in [3.05, 3.63) is 47.3 Å². The Balaban J connectivity index is 2.08. The Morgan fingerprint density at radius 2 is 2.05 bits per heavy atom. The van der Waals surface area contributed by atoms with Gasteiger partial charge in [0.2, 0.25) is 0 Å². The second-order valence-corrected chi connectivity index (χ2v) is 4.48. The fourth-order valence-corrected chi connectivity index (χ4v) is 1.94. The predicted molar refractivity (Wildman–Crippen MR) is 75.1 cm³/mol. The van der Waals surface area contributed by atoms with Crippen LogP contribution < -0.4 is 11.1 Å². The first-order valence-electron chi connectivity index (χ1n) is 6.21. The fraction of sp³-hybridized carbons (Fsp3) is 0.286. The normalized spacial score (nSPS) is 10.5. The molecule has 0 fully saturated rings. The Bertz CT molecular complexity index is 572. The molecule has 1 aromatic heterocycles. The van der Waals surface area contributed by atoms with Gasteiger partial charge in [0.15, 0.2) is 0 Å². The maximum Gasteiger partial charge on any atom is 0.273 e. The molecule has 0 aliphatic heterocycles. The Kier molecular flexibility index (Phi) is 3.97. The molecule has 5 nitrogen and oxygen atoms in total. The maximum atomic E-state index is 12.1. The van der Waals surface area contributed by atoms with Gasteiger partial charge in [-0.25, -0.2) is 0 Å². The van der Waals surface area contributed by atoms with Crippen LogP contribution in [0.5, 0.6) is 0 Å². The number of amides is 1. The minimum atomic E-state index is -0.158. The molecule has 5 heteroatoms. The molecular weight excluding hydrogens is 240 g/mol. The van der Waals surface area contributed by atoms with Crippen LogP contribution in [0.25, 0.3) is 0 Å². The monoisotopic (exact) mass is 258 g/mol. The molecule has 0 atom stereocenters. The highest BCUT2D eigenvalue weighted by Gasteiger charge is 2.11. The number of anilines is 1. The summed E-state index contributed by atoms with van der Waals surface area (Å²) in [5.41, 5.74) is 8.80. The summed E-state index contributed by atoms with van der Waals surface area (Å²) in [6, 6.07) is 9.46. The minimum Gasteiger partial charge on any atom is -0.330 e. The average Bonchev–Trinajstić information content (AvgIpc) is 2.71. The van der Waals surface area contributed by atoms with Crippen LogP contribution in [0.3, 0.4) is 0 Å². The highest BCUT2D eigenvalue weighted by Crippen LogP contribution is 2.12. The fourth-order valence-electron chi connectivity index (χ4n) is 1.94. The van der Waals surface area contributed by atoms with Crippen LogP contribution in [0.4, 0.5) is 5.69 Å². The van der Waals surface area contributed by atoms with Gasteiger partial charge in [0, 0.05) is 12.7 Å². The van der Waals surface area contributed by atoms with Gasteiger partial charge >= 0.3 is 0 Å². The van der Waals surface area contributed by atoms with E-state index in [1.54, 1.807) is 17.8 Å². The van der Waals surface area contributed by atoms with Crippen LogP contribution in [0, 0.1) is 6.92 Å². The van der Waals surface area contributed by atoms with E-state index < -0.39 is 0 Å². The molecule has 100 valence electrons. The molecule has 0 saturated heterocycles. The van der Waals surface area contributed by atoms with Gasteiger partial charge in [0.1, 0.15) is 5.69 Å². The number of nitrogens with one attached hydrogen (secondary N) is 1. The summed E-state index contributed by atoms with van der Waals surface area (Å²) in [6.07, 6.45) is 0.842. The standard InChI is InChI=1S/C14H18N4O/c1-10-9-13(18(2)17-10)14(19)16-12-5-3-11(4-6-12)7-8-15/h3-6,9H,7-8,15H2,1-2H3,(H,16,19). The molecule has 2 aromatic rings. The van der Waals surface area contributed by atoms with Gasteiger partial charge in [-0.2, -0.15) is 5.10 Å². The van der Waals surface area contributed by atoms with Crippen molar-refractivity contribution < 1.29 is 4.79 Å². The number of carbonyl (C=O) groups excluding carboxylic acids is 1. The summed E-state index contributed by atoms with van der Waals surface area (Å²) >= 11 is 0. The van der Waals surface area contributed by atoms with Crippen molar-refractivity contribution in [2.24, 2.45) is 12.8 Å². The average molecular weight is 258 g/mol.